The summed E-state index contributed by atoms with van der Waals surface area (Å²) in [6.07, 6.45) is 1.38. The smallest absolute Gasteiger partial charge is 0.253 e. The third-order valence-electron chi connectivity index (χ3n) is 6.52. The average Bonchev–Trinajstić information content (AvgIpc) is 3.23. The zero-order valence-electron chi connectivity index (χ0n) is 19.1. The number of nitrogens with one attached hydrogen (secondary N) is 1. The molecular formula is C22H28N6O2SSi. The van der Waals surface area contributed by atoms with Gasteiger partial charge in [0.25, 0.3) is 11.8 Å². The number of benzene rings is 1. The van der Waals surface area contributed by atoms with Crippen LogP contribution in [0.15, 0.2) is 34.6 Å². The molecule has 1 aliphatic rings. The SMILES string of the molecule is CC(C)[Si](C(C)C)(C(C)C)N1C(=O)c2ccc(Sc3nc4c(N)ncnc4[nH]3)cc2C1=O. The molecule has 3 aromatic rings. The molecule has 3 N–H and O–H groups in total. The van der Waals surface area contributed by atoms with Crippen molar-refractivity contribution in [2.24, 2.45) is 0 Å². The van der Waals surface area contributed by atoms with Crippen molar-refractivity contribution in [3.05, 3.63) is 35.7 Å². The highest BCUT2D eigenvalue weighted by atomic mass is 32.2. The molecule has 0 atom stereocenters. The van der Waals surface area contributed by atoms with Gasteiger partial charge in [0.2, 0.25) is 0 Å². The summed E-state index contributed by atoms with van der Waals surface area (Å²) in [5, 5.41) is 0.594. The van der Waals surface area contributed by atoms with Crippen LogP contribution in [-0.4, -0.2) is 44.6 Å². The maximum atomic E-state index is 13.6. The number of hydrogen-bond acceptors (Lipinski definition) is 7. The molecule has 0 saturated carbocycles. The standard InChI is InChI=1S/C22H28N6O2SSi/c1-11(2)32(12(3)4,13(5)6)28-20(29)15-8-7-14(9-16(15)21(28)30)31-22-26-17-18(23)24-10-25-19(17)27-22/h7-13H,1-6H3,(H3,23,24,25,26,27). The van der Waals surface area contributed by atoms with Crippen LogP contribution in [-0.2, 0) is 0 Å². The summed E-state index contributed by atoms with van der Waals surface area (Å²) in [6.45, 7) is 12.9. The minimum absolute atomic E-state index is 0.156. The van der Waals surface area contributed by atoms with Crippen LogP contribution in [0, 0.1) is 0 Å². The lowest BCUT2D eigenvalue weighted by atomic mass is 10.1. The molecule has 0 aliphatic carbocycles. The topological polar surface area (TPSA) is 118 Å². The first-order chi connectivity index (χ1) is 15.1. The lowest BCUT2D eigenvalue weighted by molar-refractivity contribution is 0.0742. The Morgan fingerprint density at radius 1 is 0.969 bits per heavy atom. The molecule has 0 bridgehead atoms. The van der Waals surface area contributed by atoms with Gasteiger partial charge in [-0.3, -0.25) is 9.59 Å². The molecule has 168 valence electrons. The maximum absolute atomic E-state index is 13.6. The van der Waals surface area contributed by atoms with Gasteiger partial charge in [-0.25, -0.2) is 15.0 Å². The van der Waals surface area contributed by atoms with E-state index in [2.05, 4.69) is 61.5 Å². The average molecular weight is 469 g/mol. The van der Waals surface area contributed by atoms with E-state index in [0.717, 1.165) is 4.90 Å². The van der Waals surface area contributed by atoms with Gasteiger partial charge >= 0.3 is 0 Å². The number of fused-ring (bicyclic) bond motifs is 2. The summed E-state index contributed by atoms with van der Waals surface area (Å²) in [4.78, 5) is 43.6. The Balaban J connectivity index is 1.72. The van der Waals surface area contributed by atoms with E-state index in [1.165, 1.54) is 18.1 Å². The molecule has 2 aromatic heterocycles. The van der Waals surface area contributed by atoms with E-state index >= 15 is 0 Å². The van der Waals surface area contributed by atoms with Gasteiger partial charge in [-0.15, -0.1) is 0 Å². The summed E-state index contributed by atoms with van der Waals surface area (Å²) in [5.74, 6) is -0.0214. The van der Waals surface area contributed by atoms with Crippen LogP contribution in [0.3, 0.4) is 0 Å². The number of carbonyl (C=O) groups excluding carboxylic acids is 2. The van der Waals surface area contributed by atoms with Crippen LogP contribution < -0.4 is 5.73 Å². The van der Waals surface area contributed by atoms with Crippen LogP contribution in [0.5, 0.6) is 0 Å². The van der Waals surface area contributed by atoms with Crippen LogP contribution in [0.4, 0.5) is 5.82 Å². The molecule has 8 nitrogen and oxygen atoms in total. The van der Waals surface area contributed by atoms with Crippen LogP contribution in [0.1, 0.15) is 62.3 Å². The highest BCUT2D eigenvalue weighted by molar-refractivity contribution is 7.99. The molecular weight excluding hydrogens is 440 g/mol. The third-order valence-corrected chi connectivity index (χ3v) is 14.1. The van der Waals surface area contributed by atoms with Gasteiger partial charge in [0.15, 0.2) is 30.4 Å². The lowest BCUT2D eigenvalue weighted by Crippen LogP contribution is -2.62. The van der Waals surface area contributed by atoms with E-state index in [1.807, 2.05) is 6.07 Å². The van der Waals surface area contributed by atoms with Gasteiger partial charge in [0.05, 0.1) is 11.1 Å². The minimum atomic E-state index is -2.46. The second kappa shape index (κ2) is 8.00. The van der Waals surface area contributed by atoms with Crippen LogP contribution in [0.2, 0.25) is 16.6 Å². The molecule has 0 saturated heterocycles. The summed E-state index contributed by atoms with van der Waals surface area (Å²) < 4.78 is 1.66. The molecule has 10 heteroatoms. The molecule has 0 fully saturated rings. The quantitative estimate of drug-likeness (QED) is 0.392. The Bertz CT molecular complexity index is 1200. The predicted molar refractivity (Wildman–Crippen MR) is 128 cm³/mol. The number of H-pyrrole nitrogens is 1. The number of nitrogens with zero attached hydrogens (tertiary/aromatic N) is 4. The Morgan fingerprint density at radius 3 is 2.19 bits per heavy atom. The second-order valence-electron chi connectivity index (χ2n) is 9.10. The molecule has 4 rings (SSSR count). The minimum Gasteiger partial charge on any atom is -0.382 e. The van der Waals surface area contributed by atoms with E-state index in [1.54, 1.807) is 16.7 Å². The highest BCUT2D eigenvalue weighted by Gasteiger charge is 2.56. The van der Waals surface area contributed by atoms with Gasteiger partial charge < -0.3 is 15.3 Å². The van der Waals surface area contributed by atoms with Crippen molar-refractivity contribution in [2.75, 3.05) is 5.73 Å². The predicted octanol–water partition coefficient (Wildman–Crippen LogP) is 4.86. The molecule has 3 heterocycles. The van der Waals surface area contributed by atoms with Crippen LogP contribution in [0.25, 0.3) is 11.2 Å². The molecule has 0 radical (unpaired) electrons. The fourth-order valence-electron chi connectivity index (χ4n) is 5.39. The van der Waals surface area contributed by atoms with Crippen molar-refractivity contribution in [1.82, 2.24) is 24.5 Å². The highest BCUT2D eigenvalue weighted by Crippen LogP contribution is 2.47. The first-order valence-corrected chi connectivity index (χ1v) is 13.8. The van der Waals surface area contributed by atoms with Crippen molar-refractivity contribution in [2.45, 2.75) is 68.2 Å². The summed E-state index contributed by atoms with van der Waals surface area (Å²) in [6, 6.07) is 5.40. The summed E-state index contributed by atoms with van der Waals surface area (Å²) >= 11 is 1.36. The maximum Gasteiger partial charge on any atom is 0.253 e. The van der Waals surface area contributed by atoms with Gasteiger partial charge in [0.1, 0.15) is 6.33 Å². The number of nitrogen functional groups attached to an aromatic ring is 1. The number of rotatable bonds is 6. The fraction of sp³-hybridized carbons (Fsp3) is 0.409. The van der Waals surface area contributed by atoms with Crippen molar-refractivity contribution in [3.8, 4) is 0 Å². The Hall–Kier alpha value is -2.72. The van der Waals surface area contributed by atoms with E-state index in [9.17, 15) is 9.59 Å². The molecule has 0 unspecified atom stereocenters. The molecule has 0 spiro atoms. The molecule has 1 aliphatic heterocycles. The van der Waals surface area contributed by atoms with Crippen molar-refractivity contribution >= 4 is 48.8 Å². The van der Waals surface area contributed by atoms with Crippen molar-refractivity contribution in [1.29, 1.82) is 0 Å². The fourth-order valence-corrected chi connectivity index (χ4v) is 12.7. The second-order valence-corrected chi connectivity index (χ2v) is 15.9. The number of anilines is 1. The molecule has 2 amide bonds. The Kier molecular flexibility index (Phi) is 5.62. The monoisotopic (exact) mass is 468 g/mol. The Labute approximate surface area is 192 Å². The lowest BCUT2D eigenvalue weighted by Gasteiger charge is -2.48. The number of imide groups is 1. The summed E-state index contributed by atoms with van der Waals surface area (Å²) in [5.41, 5.74) is 8.64. The van der Waals surface area contributed by atoms with Crippen molar-refractivity contribution in [3.63, 3.8) is 0 Å². The first-order valence-electron chi connectivity index (χ1n) is 10.8. The number of aromatic nitrogens is 4. The number of imidazole rings is 1. The molecule has 1 aromatic carbocycles. The summed E-state index contributed by atoms with van der Waals surface area (Å²) in [7, 11) is -2.46. The number of carbonyl (C=O) groups is 2. The number of nitrogens with two attached hydrogens (primary N) is 1. The first kappa shape index (κ1) is 22.5. The van der Waals surface area contributed by atoms with Crippen LogP contribution >= 0.6 is 11.8 Å². The van der Waals surface area contributed by atoms with E-state index in [0.29, 0.717) is 33.3 Å². The largest absolute Gasteiger partial charge is 0.382 e. The third kappa shape index (κ3) is 3.24. The van der Waals surface area contributed by atoms with Gasteiger partial charge in [-0.1, -0.05) is 53.3 Å². The van der Waals surface area contributed by atoms with E-state index < -0.39 is 8.24 Å². The number of aromatic amines is 1. The Morgan fingerprint density at radius 2 is 1.59 bits per heavy atom. The van der Waals surface area contributed by atoms with Gasteiger partial charge in [-0.2, -0.15) is 0 Å². The zero-order valence-corrected chi connectivity index (χ0v) is 20.9. The van der Waals surface area contributed by atoms with Crippen molar-refractivity contribution < 1.29 is 9.59 Å². The normalized spacial score (nSPS) is 14.5. The van der Waals surface area contributed by atoms with E-state index in [-0.39, 0.29) is 28.4 Å². The molecule has 32 heavy (non-hydrogen) atoms. The van der Waals surface area contributed by atoms with E-state index in [4.69, 9.17) is 5.73 Å². The number of amides is 2. The zero-order chi connectivity index (χ0) is 23.4. The van der Waals surface area contributed by atoms with Gasteiger partial charge in [-0.05, 0) is 34.8 Å². The van der Waals surface area contributed by atoms with Gasteiger partial charge in [0, 0.05) is 4.90 Å². The number of hydrogen-bond donors (Lipinski definition) is 2.